The molecule has 2 unspecified atom stereocenters. The van der Waals surface area contributed by atoms with Crippen molar-refractivity contribution < 1.29 is 4.70 Å². The quantitative estimate of drug-likeness (QED) is 0.744. The summed E-state index contributed by atoms with van der Waals surface area (Å²) in [5, 5.41) is 8.01. The molecule has 0 bridgehead atoms. The molecule has 0 aromatic heterocycles. The van der Waals surface area contributed by atoms with E-state index in [0.717, 1.165) is 25.6 Å². The summed E-state index contributed by atoms with van der Waals surface area (Å²) in [4.78, 5) is 0. The van der Waals surface area contributed by atoms with Gasteiger partial charge in [-0.3, -0.25) is 0 Å². The van der Waals surface area contributed by atoms with Gasteiger partial charge >= 0.3 is 0 Å². The predicted molar refractivity (Wildman–Crippen MR) is 70.1 cm³/mol. The molecule has 0 amide bonds. The number of dihydropyridines is 1. The molecule has 0 fully saturated rings. The Morgan fingerprint density at radius 1 is 1.59 bits per heavy atom. The minimum Gasteiger partial charge on any atom is -0.384 e. The van der Waals surface area contributed by atoms with Crippen LogP contribution >= 0.6 is 0 Å². The van der Waals surface area contributed by atoms with Gasteiger partial charge in [-0.05, 0) is 36.4 Å². The van der Waals surface area contributed by atoms with Gasteiger partial charge in [-0.15, -0.1) is 4.70 Å². The van der Waals surface area contributed by atoms with E-state index in [9.17, 15) is 0 Å². The molecule has 0 radical (unpaired) electrons. The lowest BCUT2D eigenvalue weighted by Gasteiger charge is -2.25. The lowest BCUT2D eigenvalue weighted by atomic mass is 9.87. The molecule has 0 saturated heterocycles. The zero-order valence-corrected chi connectivity index (χ0v) is 11.2. The van der Waals surface area contributed by atoms with E-state index in [1.54, 1.807) is 0 Å². The molecule has 2 rings (SSSR count). The van der Waals surface area contributed by atoms with E-state index in [4.69, 9.17) is 0 Å². The van der Waals surface area contributed by atoms with Crippen molar-refractivity contribution in [3.8, 4) is 0 Å². The van der Waals surface area contributed by atoms with Crippen LogP contribution < -0.4 is 5.32 Å². The highest BCUT2D eigenvalue weighted by Crippen LogP contribution is 2.27. The van der Waals surface area contributed by atoms with Gasteiger partial charge in [0.25, 0.3) is 0 Å². The topological polar surface area (TPSA) is 27.4 Å². The van der Waals surface area contributed by atoms with E-state index in [0.29, 0.717) is 5.92 Å². The number of allylic oxidation sites excluding steroid dienone is 3. The molecule has 0 aromatic rings. The largest absolute Gasteiger partial charge is 0.384 e. The molecule has 0 spiro atoms. The van der Waals surface area contributed by atoms with Gasteiger partial charge in [-0.1, -0.05) is 19.1 Å². The van der Waals surface area contributed by atoms with Gasteiger partial charge in [0.2, 0.25) is 0 Å². The fraction of sp³-hybridized carbons (Fsp3) is 0.714. The van der Waals surface area contributed by atoms with Crippen molar-refractivity contribution >= 4 is 0 Å². The smallest absolute Gasteiger partial charge is 0.172 e. The van der Waals surface area contributed by atoms with Crippen LogP contribution in [0.5, 0.6) is 0 Å². The number of rotatable bonds is 4. The van der Waals surface area contributed by atoms with Crippen molar-refractivity contribution in [2.45, 2.75) is 26.7 Å². The Morgan fingerprint density at radius 3 is 3.00 bits per heavy atom. The molecule has 17 heavy (non-hydrogen) atoms. The van der Waals surface area contributed by atoms with Gasteiger partial charge in [0.15, 0.2) is 13.6 Å². The van der Waals surface area contributed by atoms with E-state index in [2.05, 4.69) is 48.2 Å². The summed E-state index contributed by atoms with van der Waals surface area (Å²) in [6.07, 6.45) is 6.93. The van der Waals surface area contributed by atoms with Gasteiger partial charge in [0.05, 0.1) is 0 Å². The van der Waals surface area contributed by atoms with E-state index in [-0.39, 0.29) is 0 Å². The van der Waals surface area contributed by atoms with E-state index in [1.807, 2.05) is 0 Å². The molecule has 2 aliphatic rings. The van der Waals surface area contributed by atoms with Gasteiger partial charge < -0.3 is 5.32 Å². The van der Waals surface area contributed by atoms with Crippen LogP contribution in [0.1, 0.15) is 26.7 Å². The summed E-state index contributed by atoms with van der Waals surface area (Å²) in [7, 11) is 2.08. The average molecular weight is 234 g/mol. The molecule has 0 aliphatic carbocycles. The van der Waals surface area contributed by atoms with E-state index >= 15 is 0 Å². The van der Waals surface area contributed by atoms with Crippen molar-refractivity contribution in [2.24, 2.45) is 17.0 Å². The third-order valence-electron chi connectivity index (χ3n) is 3.83. The lowest BCUT2D eigenvalue weighted by Crippen LogP contribution is -2.26. The molecule has 94 valence electrons. The highest BCUT2D eigenvalue weighted by atomic mass is 15.3. The van der Waals surface area contributed by atoms with Gasteiger partial charge in [0.1, 0.15) is 6.54 Å². The molecule has 3 heteroatoms. The maximum absolute atomic E-state index is 4.45. The van der Waals surface area contributed by atoms with E-state index < -0.39 is 0 Å². The lowest BCUT2D eigenvalue weighted by molar-refractivity contribution is -0.555. The van der Waals surface area contributed by atoms with Crippen molar-refractivity contribution in [1.82, 2.24) is 5.32 Å². The van der Waals surface area contributed by atoms with Crippen molar-refractivity contribution in [1.29, 1.82) is 0 Å². The first kappa shape index (κ1) is 12.3. The highest BCUT2D eigenvalue weighted by Gasteiger charge is 2.27. The molecule has 2 heterocycles. The van der Waals surface area contributed by atoms with Crippen molar-refractivity contribution in [2.75, 3.05) is 26.7 Å². The number of nitrogens with zero attached hydrogens (tertiary/aromatic N) is 2. The molecule has 1 N–H and O–H groups in total. The van der Waals surface area contributed by atoms with Crippen molar-refractivity contribution in [3.63, 3.8) is 0 Å². The Balaban J connectivity index is 1.99. The fourth-order valence-corrected chi connectivity index (χ4v) is 2.88. The van der Waals surface area contributed by atoms with Crippen LogP contribution in [0.15, 0.2) is 28.5 Å². The predicted octanol–water partition coefficient (Wildman–Crippen LogP) is 2.56. The Morgan fingerprint density at radius 2 is 2.41 bits per heavy atom. The molecular weight excluding hydrogens is 210 g/mol. The summed E-state index contributed by atoms with van der Waals surface area (Å²) in [5.74, 6) is 1.41. The van der Waals surface area contributed by atoms with Gasteiger partial charge in [-0.2, -0.15) is 0 Å². The number of nitrogens with one attached hydrogen (secondary N) is 1. The number of hydrogen-bond acceptors (Lipinski definition) is 2. The average Bonchev–Trinajstić information content (AvgIpc) is 2.73. The second-order valence-electron chi connectivity index (χ2n) is 5.25. The number of azo groups is 2. The van der Waals surface area contributed by atoms with Crippen LogP contribution in [0, 0.1) is 11.8 Å². The Labute approximate surface area is 104 Å². The van der Waals surface area contributed by atoms with E-state index in [1.165, 1.54) is 24.1 Å². The zero-order valence-electron chi connectivity index (χ0n) is 11.2. The summed E-state index contributed by atoms with van der Waals surface area (Å²) in [5.41, 5.74) is 2.87. The fourth-order valence-electron chi connectivity index (χ4n) is 2.88. The van der Waals surface area contributed by atoms with Crippen LogP contribution in [-0.4, -0.2) is 31.4 Å². The molecular formula is C14H24N3+. The molecule has 2 atom stereocenters. The van der Waals surface area contributed by atoms with Gasteiger partial charge in [0, 0.05) is 18.2 Å². The minimum atomic E-state index is 0.673. The first-order valence-electron chi connectivity index (χ1n) is 6.70. The van der Waals surface area contributed by atoms with Gasteiger partial charge in [-0.25, -0.2) is 0 Å². The monoisotopic (exact) mass is 234 g/mol. The first-order chi connectivity index (χ1) is 8.20. The minimum absolute atomic E-state index is 0.673. The number of hydrogen-bond donors (Lipinski definition) is 1. The summed E-state index contributed by atoms with van der Waals surface area (Å²) in [6.45, 7) is 7.62. The second kappa shape index (κ2) is 5.48. The Kier molecular flexibility index (Phi) is 3.97. The Hall–Kier alpha value is -1.12. The highest BCUT2D eigenvalue weighted by molar-refractivity contribution is 5.28. The maximum atomic E-state index is 4.45. The second-order valence-corrected chi connectivity index (χ2v) is 5.25. The van der Waals surface area contributed by atoms with Crippen LogP contribution in [-0.2, 0) is 0 Å². The SMILES string of the molecule is CCC(CC1CN=[N+](C)C1)C1=C(C)C=CCN1. The maximum Gasteiger partial charge on any atom is 0.172 e. The standard InChI is InChI=1S/C14H24N3/c1-4-13(8-12-9-16-17(3)10-12)14-11(2)6-5-7-15-14/h5-6,12-13,15H,4,7-10H2,1-3H3/q+1. The summed E-state index contributed by atoms with van der Waals surface area (Å²) in [6, 6.07) is 0. The summed E-state index contributed by atoms with van der Waals surface area (Å²) >= 11 is 0. The molecule has 2 aliphatic heterocycles. The molecule has 3 nitrogen and oxygen atoms in total. The summed E-state index contributed by atoms with van der Waals surface area (Å²) < 4.78 is 2.09. The van der Waals surface area contributed by atoms with Crippen LogP contribution in [0.25, 0.3) is 0 Å². The Bertz CT molecular complexity index is 366. The molecule has 0 aromatic carbocycles. The zero-order chi connectivity index (χ0) is 12.3. The van der Waals surface area contributed by atoms with Crippen LogP contribution in [0.3, 0.4) is 0 Å². The van der Waals surface area contributed by atoms with Crippen LogP contribution in [0.2, 0.25) is 0 Å². The third-order valence-corrected chi connectivity index (χ3v) is 3.83. The molecule has 0 saturated carbocycles. The normalized spacial score (nSPS) is 25.8. The van der Waals surface area contributed by atoms with Crippen molar-refractivity contribution in [3.05, 3.63) is 23.4 Å². The first-order valence-corrected chi connectivity index (χ1v) is 6.70. The van der Waals surface area contributed by atoms with Crippen LogP contribution in [0.4, 0.5) is 0 Å². The third kappa shape index (κ3) is 2.96.